The second-order valence-corrected chi connectivity index (χ2v) is 6.70. The number of carbonyl (C=O) groups excluding carboxylic acids is 4. The summed E-state index contributed by atoms with van der Waals surface area (Å²) in [6.45, 7) is -0.845. The highest BCUT2D eigenvalue weighted by Gasteiger charge is 2.32. The van der Waals surface area contributed by atoms with Gasteiger partial charge in [0.15, 0.2) is 18.1 Å². The first-order chi connectivity index (χ1) is 15.8. The molecule has 10 nitrogen and oxygen atoms in total. The summed E-state index contributed by atoms with van der Waals surface area (Å²) in [6.07, 6.45) is -2.43. The van der Waals surface area contributed by atoms with E-state index in [1.54, 1.807) is 36.4 Å². The number of ketones is 1. The standard InChI is InChI=1S/C23H25NO9/c1-24(23(28)32-14-16-9-5-4-6-10-16)13-17(25)21(22(27)30-3)33-19-12-8-7-11-18(19)31-15-20(26)29-2/h4-12,21H,13-15H2,1-3H3. The van der Waals surface area contributed by atoms with E-state index in [4.69, 9.17) is 14.2 Å². The van der Waals surface area contributed by atoms with Crippen LogP contribution in [0, 0.1) is 0 Å². The first kappa shape index (κ1) is 25.2. The predicted molar refractivity (Wildman–Crippen MR) is 115 cm³/mol. The van der Waals surface area contributed by atoms with Crippen LogP contribution in [0.1, 0.15) is 5.56 Å². The summed E-state index contributed by atoms with van der Waals surface area (Å²) < 4.78 is 25.3. The van der Waals surface area contributed by atoms with Crippen LogP contribution in [0.4, 0.5) is 4.79 Å². The highest BCUT2D eigenvalue weighted by Crippen LogP contribution is 2.28. The minimum Gasteiger partial charge on any atom is -0.478 e. The third-order valence-corrected chi connectivity index (χ3v) is 4.28. The van der Waals surface area contributed by atoms with E-state index < -0.39 is 43.1 Å². The second kappa shape index (κ2) is 12.7. The van der Waals surface area contributed by atoms with Gasteiger partial charge in [-0.2, -0.15) is 0 Å². The monoisotopic (exact) mass is 459 g/mol. The average molecular weight is 459 g/mol. The van der Waals surface area contributed by atoms with Gasteiger partial charge in [-0.25, -0.2) is 14.4 Å². The molecule has 10 heteroatoms. The molecule has 0 aliphatic heterocycles. The molecule has 33 heavy (non-hydrogen) atoms. The molecule has 0 saturated carbocycles. The van der Waals surface area contributed by atoms with Crippen molar-refractivity contribution in [2.45, 2.75) is 12.7 Å². The van der Waals surface area contributed by atoms with E-state index >= 15 is 0 Å². The van der Waals surface area contributed by atoms with Crippen LogP contribution in [0.15, 0.2) is 54.6 Å². The van der Waals surface area contributed by atoms with E-state index in [2.05, 4.69) is 9.47 Å². The number of para-hydroxylation sites is 2. The number of hydrogen-bond donors (Lipinski definition) is 0. The molecule has 0 spiro atoms. The number of Topliss-reactive ketones (excluding diaryl/α,β-unsaturated/α-hetero) is 1. The Kier molecular flexibility index (Phi) is 9.69. The summed E-state index contributed by atoms with van der Waals surface area (Å²) in [6, 6.07) is 15.2. The van der Waals surface area contributed by atoms with Crippen LogP contribution in [-0.4, -0.2) is 69.2 Å². The number of ether oxygens (including phenoxy) is 5. The predicted octanol–water partition coefficient (Wildman–Crippen LogP) is 2.00. The minimum absolute atomic E-state index is 0.0273. The quantitative estimate of drug-likeness (QED) is 0.282. The SMILES string of the molecule is COC(=O)COc1ccccc1OC(C(=O)CN(C)C(=O)OCc1ccccc1)C(=O)OC. The van der Waals surface area contributed by atoms with Crippen molar-refractivity contribution in [1.29, 1.82) is 0 Å². The fourth-order valence-electron chi connectivity index (χ4n) is 2.55. The Morgan fingerprint density at radius 1 is 0.879 bits per heavy atom. The zero-order valence-electron chi connectivity index (χ0n) is 18.5. The van der Waals surface area contributed by atoms with Crippen molar-refractivity contribution in [2.24, 2.45) is 0 Å². The lowest BCUT2D eigenvalue weighted by Crippen LogP contribution is -2.44. The number of esters is 2. The largest absolute Gasteiger partial charge is 0.478 e. The first-order valence-electron chi connectivity index (χ1n) is 9.83. The van der Waals surface area contributed by atoms with Crippen LogP contribution in [0.25, 0.3) is 0 Å². The Bertz CT molecular complexity index is 961. The number of amides is 1. The average Bonchev–Trinajstić information content (AvgIpc) is 2.84. The van der Waals surface area contributed by atoms with E-state index in [-0.39, 0.29) is 18.1 Å². The van der Waals surface area contributed by atoms with Gasteiger partial charge >= 0.3 is 18.0 Å². The van der Waals surface area contributed by atoms with Gasteiger partial charge in [0, 0.05) is 7.05 Å². The van der Waals surface area contributed by atoms with Gasteiger partial charge in [-0.1, -0.05) is 42.5 Å². The van der Waals surface area contributed by atoms with Crippen LogP contribution in [0.3, 0.4) is 0 Å². The van der Waals surface area contributed by atoms with E-state index in [1.807, 2.05) is 6.07 Å². The molecule has 0 radical (unpaired) electrons. The van der Waals surface area contributed by atoms with Crippen molar-refractivity contribution in [3.8, 4) is 11.5 Å². The van der Waals surface area contributed by atoms with Crippen LogP contribution in [0.5, 0.6) is 11.5 Å². The Labute approximate surface area is 190 Å². The normalized spacial score (nSPS) is 11.0. The van der Waals surface area contributed by atoms with Crippen LogP contribution in [-0.2, 0) is 35.2 Å². The molecule has 1 unspecified atom stereocenters. The van der Waals surface area contributed by atoms with Gasteiger partial charge < -0.3 is 28.6 Å². The third kappa shape index (κ3) is 7.84. The first-order valence-corrected chi connectivity index (χ1v) is 9.83. The van der Waals surface area contributed by atoms with Crippen molar-refractivity contribution >= 4 is 23.8 Å². The zero-order chi connectivity index (χ0) is 24.2. The smallest absolute Gasteiger partial charge is 0.410 e. The maximum absolute atomic E-state index is 12.8. The van der Waals surface area contributed by atoms with Crippen molar-refractivity contribution < 1.29 is 42.9 Å². The minimum atomic E-state index is -1.68. The third-order valence-electron chi connectivity index (χ3n) is 4.28. The molecule has 2 rings (SSSR count). The summed E-state index contributed by atoms with van der Waals surface area (Å²) in [5, 5.41) is 0. The number of carbonyl (C=O) groups is 4. The molecule has 1 atom stereocenters. The van der Waals surface area contributed by atoms with Gasteiger partial charge in [-0.05, 0) is 17.7 Å². The number of benzene rings is 2. The van der Waals surface area contributed by atoms with E-state index in [0.717, 1.165) is 17.6 Å². The summed E-state index contributed by atoms with van der Waals surface area (Å²) in [4.78, 5) is 49.6. The molecule has 0 bridgehead atoms. The van der Waals surface area contributed by atoms with Gasteiger partial charge in [0.1, 0.15) is 6.61 Å². The molecule has 0 aromatic heterocycles. The molecular formula is C23H25NO9. The second-order valence-electron chi connectivity index (χ2n) is 6.70. The van der Waals surface area contributed by atoms with Crippen LogP contribution >= 0.6 is 0 Å². The van der Waals surface area contributed by atoms with Gasteiger partial charge in [-0.15, -0.1) is 0 Å². The highest BCUT2D eigenvalue weighted by molar-refractivity contribution is 6.04. The summed E-state index contributed by atoms with van der Waals surface area (Å²) in [7, 11) is 3.66. The lowest BCUT2D eigenvalue weighted by Gasteiger charge is -2.21. The summed E-state index contributed by atoms with van der Waals surface area (Å²) >= 11 is 0. The summed E-state index contributed by atoms with van der Waals surface area (Å²) in [5.41, 5.74) is 0.782. The Morgan fingerprint density at radius 2 is 1.52 bits per heavy atom. The van der Waals surface area contributed by atoms with Crippen molar-refractivity contribution in [2.75, 3.05) is 34.4 Å². The van der Waals surface area contributed by atoms with E-state index in [9.17, 15) is 19.2 Å². The lowest BCUT2D eigenvalue weighted by molar-refractivity contribution is -0.153. The van der Waals surface area contributed by atoms with E-state index in [1.165, 1.54) is 26.3 Å². The van der Waals surface area contributed by atoms with Crippen molar-refractivity contribution in [3.05, 3.63) is 60.2 Å². The lowest BCUT2D eigenvalue weighted by atomic mass is 10.2. The van der Waals surface area contributed by atoms with Gasteiger partial charge in [0.25, 0.3) is 6.10 Å². The number of hydrogen-bond acceptors (Lipinski definition) is 9. The molecule has 2 aromatic carbocycles. The molecule has 0 aliphatic rings. The molecule has 1 amide bonds. The van der Waals surface area contributed by atoms with Crippen molar-refractivity contribution in [1.82, 2.24) is 4.90 Å². The fraction of sp³-hybridized carbons (Fsp3) is 0.304. The maximum Gasteiger partial charge on any atom is 0.410 e. The molecule has 2 aromatic rings. The Morgan fingerprint density at radius 3 is 2.15 bits per heavy atom. The number of methoxy groups -OCH3 is 2. The van der Waals surface area contributed by atoms with Gasteiger partial charge in [-0.3, -0.25) is 4.79 Å². The van der Waals surface area contributed by atoms with Gasteiger partial charge in [0.2, 0.25) is 5.78 Å². The number of nitrogens with zero attached hydrogens (tertiary/aromatic N) is 1. The van der Waals surface area contributed by atoms with Crippen LogP contribution < -0.4 is 9.47 Å². The molecule has 0 saturated heterocycles. The molecule has 0 fully saturated rings. The highest BCUT2D eigenvalue weighted by atomic mass is 16.6. The summed E-state index contributed by atoms with van der Waals surface area (Å²) in [5.74, 6) is -2.20. The molecule has 176 valence electrons. The maximum atomic E-state index is 12.8. The fourth-order valence-corrected chi connectivity index (χ4v) is 2.55. The molecular weight excluding hydrogens is 434 g/mol. The number of likely N-dealkylation sites (N-methyl/N-ethyl adjacent to an activating group) is 1. The Hall–Kier alpha value is -4.08. The molecule has 0 N–H and O–H groups in total. The Balaban J connectivity index is 2.04. The molecule has 0 heterocycles. The topological polar surface area (TPSA) is 118 Å². The molecule has 0 aliphatic carbocycles. The van der Waals surface area contributed by atoms with E-state index in [0.29, 0.717) is 0 Å². The zero-order valence-corrected chi connectivity index (χ0v) is 18.5. The van der Waals surface area contributed by atoms with Crippen molar-refractivity contribution in [3.63, 3.8) is 0 Å². The van der Waals surface area contributed by atoms with Crippen LogP contribution in [0.2, 0.25) is 0 Å². The number of rotatable bonds is 11. The van der Waals surface area contributed by atoms with Gasteiger partial charge in [0.05, 0.1) is 20.8 Å².